The molecule has 0 aliphatic rings. The molecule has 0 spiro atoms. The average Bonchev–Trinajstić information content (AvgIpc) is 2.35. The van der Waals surface area contributed by atoms with Crippen LogP contribution in [0.4, 0.5) is 4.39 Å². The van der Waals surface area contributed by atoms with Crippen LogP contribution in [0.15, 0.2) is 11.0 Å². The van der Waals surface area contributed by atoms with E-state index in [-0.39, 0.29) is 15.9 Å². The summed E-state index contributed by atoms with van der Waals surface area (Å²) in [5, 5.41) is -0.346. The van der Waals surface area contributed by atoms with Crippen LogP contribution in [0, 0.1) is 26.6 Å². The van der Waals surface area contributed by atoms with Gasteiger partial charge in [0.1, 0.15) is 10.8 Å². The van der Waals surface area contributed by atoms with Crippen molar-refractivity contribution in [2.24, 2.45) is 0 Å². The van der Waals surface area contributed by atoms with Crippen molar-refractivity contribution in [3.63, 3.8) is 0 Å². The van der Waals surface area contributed by atoms with E-state index in [2.05, 4.69) is 9.97 Å². The Morgan fingerprint density at radius 3 is 2.53 bits per heavy atom. The van der Waals surface area contributed by atoms with Crippen LogP contribution >= 0.6 is 23.2 Å². The molecule has 0 saturated heterocycles. The Labute approximate surface area is 118 Å². The molecule has 0 fully saturated rings. The number of rotatable bonds is 1. The minimum absolute atomic E-state index is 0.0249. The van der Waals surface area contributed by atoms with Crippen LogP contribution in [0.5, 0.6) is 0 Å². The molecule has 0 unspecified atom stereocenters. The summed E-state index contributed by atoms with van der Waals surface area (Å²) in [4.78, 5) is 20.0. The van der Waals surface area contributed by atoms with E-state index in [1.165, 1.54) is 6.20 Å². The SMILES string of the molecule is Cc1cnc(Cl)c(F)c1-n1c(C)nc(C)c(Cl)c1=O. The van der Waals surface area contributed by atoms with Gasteiger partial charge in [-0.3, -0.25) is 9.36 Å². The molecule has 0 N–H and O–H groups in total. The number of aryl methyl sites for hydroxylation is 3. The molecule has 2 heterocycles. The third-order valence-corrected chi connectivity index (χ3v) is 3.42. The second-order valence-corrected chi connectivity index (χ2v) is 4.83. The number of nitrogens with zero attached hydrogens (tertiary/aromatic N) is 3. The number of hydrogen-bond donors (Lipinski definition) is 0. The van der Waals surface area contributed by atoms with Gasteiger partial charge in [-0.2, -0.15) is 0 Å². The molecular weight excluding hydrogens is 292 g/mol. The van der Waals surface area contributed by atoms with Crippen molar-refractivity contribution in [1.29, 1.82) is 0 Å². The van der Waals surface area contributed by atoms with Crippen molar-refractivity contribution in [2.45, 2.75) is 20.8 Å². The first-order valence-corrected chi connectivity index (χ1v) is 6.17. The van der Waals surface area contributed by atoms with E-state index in [9.17, 15) is 9.18 Å². The topological polar surface area (TPSA) is 47.8 Å². The summed E-state index contributed by atoms with van der Waals surface area (Å²) >= 11 is 11.5. The smallest absolute Gasteiger partial charge is 0.267 e. The first-order chi connectivity index (χ1) is 8.84. The summed E-state index contributed by atoms with van der Waals surface area (Å²) in [6, 6.07) is 0. The summed E-state index contributed by atoms with van der Waals surface area (Å²) < 4.78 is 15.2. The van der Waals surface area contributed by atoms with Gasteiger partial charge in [0.15, 0.2) is 11.0 Å². The van der Waals surface area contributed by atoms with Gasteiger partial charge >= 0.3 is 0 Å². The number of halogens is 3. The van der Waals surface area contributed by atoms with Crippen molar-refractivity contribution >= 4 is 23.2 Å². The Balaban J connectivity index is 2.92. The number of aromatic nitrogens is 3. The van der Waals surface area contributed by atoms with Crippen molar-refractivity contribution in [3.8, 4) is 5.69 Å². The molecule has 7 heteroatoms. The molecular formula is C12H10Cl2FN3O. The largest absolute Gasteiger partial charge is 0.277 e. The van der Waals surface area contributed by atoms with E-state index in [1.807, 2.05) is 0 Å². The molecule has 0 aliphatic heterocycles. The van der Waals surface area contributed by atoms with Crippen LogP contribution in [0.1, 0.15) is 17.1 Å². The molecule has 0 atom stereocenters. The number of hydrogen-bond acceptors (Lipinski definition) is 3. The molecule has 2 aromatic heterocycles. The monoisotopic (exact) mass is 301 g/mol. The Bertz CT molecular complexity index is 728. The number of pyridine rings is 1. The fourth-order valence-corrected chi connectivity index (χ4v) is 2.09. The van der Waals surface area contributed by atoms with Gasteiger partial charge in [0.25, 0.3) is 5.56 Å². The minimum Gasteiger partial charge on any atom is -0.267 e. The molecule has 0 amide bonds. The molecule has 0 bridgehead atoms. The predicted molar refractivity (Wildman–Crippen MR) is 71.8 cm³/mol. The Morgan fingerprint density at radius 2 is 1.89 bits per heavy atom. The Kier molecular flexibility index (Phi) is 3.60. The van der Waals surface area contributed by atoms with E-state index in [1.54, 1.807) is 20.8 Å². The molecule has 2 aromatic rings. The van der Waals surface area contributed by atoms with Gasteiger partial charge in [-0.1, -0.05) is 23.2 Å². The highest BCUT2D eigenvalue weighted by Gasteiger charge is 2.19. The second kappa shape index (κ2) is 4.90. The summed E-state index contributed by atoms with van der Waals surface area (Å²) in [5.41, 5.74) is 0.361. The molecule has 0 radical (unpaired) electrons. The first-order valence-electron chi connectivity index (χ1n) is 5.41. The van der Waals surface area contributed by atoms with Gasteiger partial charge in [0, 0.05) is 6.20 Å². The van der Waals surface area contributed by atoms with Gasteiger partial charge in [0.05, 0.1) is 11.4 Å². The summed E-state index contributed by atoms with van der Waals surface area (Å²) in [6.45, 7) is 4.84. The van der Waals surface area contributed by atoms with Gasteiger partial charge in [-0.15, -0.1) is 0 Å². The zero-order valence-corrected chi connectivity index (χ0v) is 12.0. The maximum absolute atomic E-state index is 14.1. The lowest BCUT2D eigenvalue weighted by Gasteiger charge is -2.14. The van der Waals surface area contributed by atoms with E-state index in [0.29, 0.717) is 17.1 Å². The molecule has 100 valence electrons. The standard InChI is InChI=1S/C12H10Cl2FN3O/c1-5-4-16-11(14)9(15)10(5)18-7(3)17-6(2)8(13)12(18)19/h4H,1-3H3. The molecule has 0 aliphatic carbocycles. The maximum atomic E-state index is 14.1. The van der Waals surface area contributed by atoms with Crippen LogP contribution in [-0.2, 0) is 0 Å². The quantitative estimate of drug-likeness (QED) is 0.761. The van der Waals surface area contributed by atoms with Crippen LogP contribution in [0.25, 0.3) is 5.69 Å². The fraction of sp³-hybridized carbons (Fsp3) is 0.250. The van der Waals surface area contributed by atoms with Gasteiger partial charge in [-0.25, -0.2) is 14.4 Å². The van der Waals surface area contributed by atoms with Crippen molar-refractivity contribution in [3.05, 3.63) is 49.6 Å². The lowest BCUT2D eigenvalue weighted by atomic mass is 10.2. The Morgan fingerprint density at radius 1 is 1.26 bits per heavy atom. The van der Waals surface area contributed by atoms with Crippen molar-refractivity contribution < 1.29 is 4.39 Å². The van der Waals surface area contributed by atoms with E-state index < -0.39 is 11.4 Å². The van der Waals surface area contributed by atoms with Crippen LogP contribution in [-0.4, -0.2) is 14.5 Å². The fourth-order valence-electron chi connectivity index (χ4n) is 1.82. The summed E-state index contributed by atoms with van der Waals surface area (Å²) in [5.74, 6) is -0.440. The average molecular weight is 302 g/mol. The van der Waals surface area contributed by atoms with Crippen LogP contribution in [0.2, 0.25) is 10.2 Å². The van der Waals surface area contributed by atoms with E-state index in [4.69, 9.17) is 23.2 Å². The highest BCUT2D eigenvalue weighted by atomic mass is 35.5. The van der Waals surface area contributed by atoms with Gasteiger partial charge < -0.3 is 0 Å². The second-order valence-electron chi connectivity index (χ2n) is 4.09. The lowest BCUT2D eigenvalue weighted by molar-refractivity contribution is 0.604. The molecule has 2 rings (SSSR count). The van der Waals surface area contributed by atoms with Crippen LogP contribution < -0.4 is 5.56 Å². The minimum atomic E-state index is -0.770. The molecule has 0 saturated carbocycles. The Hall–Kier alpha value is -1.46. The summed E-state index contributed by atoms with van der Waals surface area (Å²) in [6.07, 6.45) is 1.39. The normalized spacial score (nSPS) is 10.8. The third kappa shape index (κ3) is 2.24. The van der Waals surface area contributed by atoms with Gasteiger partial charge in [-0.05, 0) is 26.3 Å². The summed E-state index contributed by atoms with van der Waals surface area (Å²) in [7, 11) is 0. The van der Waals surface area contributed by atoms with Crippen molar-refractivity contribution in [2.75, 3.05) is 0 Å². The predicted octanol–water partition coefficient (Wildman–Crippen LogP) is 3.00. The van der Waals surface area contributed by atoms with Gasteiger partial charge in [0.2, 0.25) is 0 Å². The molecule has 19 heavy (non-hydrogen) atoms. The molecule has 0 aromatic carbocycles. The van der Waals surface area contributed by atoms with Crippen molar-refractivity contribution in [1.82, 2.24) is 14.5 Å². The van der Waals surface area contributed by atoms with E-state index >= 15 is 0 Å². The van der Waals surface area contributed by atoms with E-state index in [0.717, 1.165) is 4.57 Å². The lowest BCUT2D eigenvalue weighted by Crippen LogP contribution is -2.25. The maximum Gasteiger partial charge on any atom is 0.277 e. The molecule has 4 nitrogen and oxygen atoms in total. The highest BCUT2D eigenvalue weighted by molar-refractivity contribution is 6.31. The zero-order valence-electron chi connectivity index (χ0n) is 10.5. The highest BCUT2D eigenvalue weighted by Crippen LogP contribution is 2.23. The van der Waals surface area contributed by atoms with Crippen LogP contribution in [0.3, 0.4) is 0 Å². The zero-order chi connectivity index (χ0) is 14.3. The first kappa shape index (κ1) is 14.0. The third-order valence-electron chi connectivity index (χ3n) is 2.72.